The van der Waals surface area contributed by atoms with Gasteiger partial charge in [0.25, 0.3) is 0 Å². The Morgan fingerprint density at radius 2 is 2.50 bits per heavy atom. The van der Waals surface area contributed by atoms with E-state index >= 15 is 0 Å². The molecule has 1 N–H and O–H groups in total. The predicted octanol–water partition coefficient (Wildman–Crippen LogP) is 1.13. The number of aryl methyl sites for hydroxylation is 2. The zero-order chi connectivity index (χ0) is 14.5. The summed E-state index contributed by atoms with van der Waals surface area (Å²) in [5.74, 6) is 0. The molecule has 3 heterocycles. The van der Waals surface area contributed by atoms with Crippen LogP contribution in [0.25, 0.3) is 11.3 Å². The maximum Gasteiger partial charge on any atom is 0.0694 e. The second-order valence-corrected chi connectivity index (χ2v) is 3.66. The largest absolute Gasteiger partial charge is 0.312 e. The maximum atomic E-state index is 7.99. The molecule has 0 aromatic carbocycles. The average molecular weight is 218 g/mol. The van der Waals surface area contributed by atoms with E-state index in [1.807, 2.05) is 6.07 Å². The van der Waals surface area contributed by atoms with Crippen molar-refractivity contribution >= 4 is 0 Å². The first kappa shape index (κ1) is 6.15. The molecule has 0 spiro atoms. The van der Waals surface area contributed by atoms with Gasteiger partial charge < -0.3 is 5.32 Å². The maximum absolute atomic E-state index is 7.99. The molecular formula is C12H14N4. The van der Waals surface area contributed by atoms with Crippen molar-refractivity contribution in [3.63, 3.8) is 0 Å². The molecule has 16 heavy (non-hydrogen) atoms. The topological polar surface area (TPSA) is 42.7 Å². The first-order chi connectivity index (χ1) is 9.28. The summed E-state index contributed by atoms with van der Waals surface area (Å²) < 4.78 is 33.1. The van der Waals surface area contributed by atoms with Gasteiger partial charge in [-0.15, -0.1) is 0 Å². The van der Waals surface area contributed by atoms with E-state index in [-0.39, 0.29) is 6.42 Å². The second-order valence-electron chi connectivity index (χ2n) is 3.66. The van der Waals surface area contributed by atoms with Gasteiger partial charge in [0.05, 0.1) is 5.69 Å². The van der Waals surface area contributed by atoms with Crippen LogP contribution in [0.1, 0.15) is 16.7 Å². The van der Waals surface area contributed by atoms with Crippen LogP contribution in [0.15, 0.2) is 24.5 Å². The number of fused-ring (bicyclic) bond motifs is 1. The summed E-state index contributed by atoms with van der Waals surface area (Å²) in [5, 5.41) is 6.46. The fraction of sp³-hybridized carbons (Fsp3) is 0.333. The Morgan fingerprint density at radius 1 is 1.56 bits per heavy atom. The van der Waals surface area contributed by atoms with E-state index in [2.05, 4.69) is 15.4 Å². The molecule has 2 aromatic rings. The molecule has 1 aliphatic rings. The highest BCUT2D eigenvalue weighted by Crippen LogP contribution is 2.21. The van der Waals surface area contributed by atoms with Crippen LogP contribution in [0.5, 0.6) is 0 Å². The Bertz CT molecular complexity index is 665. The quantitative estimate of drug-likeness (QED) is 0.780. The van der Waals surface area contributed by atoms with Crippen molar-refractivity contribution in [1.82, 2.24) is 20.1 Å². The summed E-state index contributed by atoms with van der Waals surface area (Å²) in [5.41, 5.74) is 2.43. The minimum atomic E-state index is -1.95. The first-order valence-electron chi connectivity index (χ1n) is 7.06. The third kappa shape index (κ3) is 1.51. The fourth-order valence-corrected chi connectivity index (χ4v) is 1.78. The Morgan fingerprint density at radius 3 is 3.31 bits per heavy atom. The molecule has 3 rings (SSSR count). The number of hydrogen-bond acceptors (Lipinski definition) is 3. The van der Waals surface area contributed by atoms with E-state index in [1.54, 1.807) is 30.2 Å². The molecule has 0 atom stereocenters. The molecule has 0 amide bonds. The molecule has 0 radical (unpaired) electrons. The standard InChI is InChI=1S/C12H14N4/c1-16-12(3-5-15-16)10-6-9-7-13-4-2-11(9)14-8-10/h3,5-6,8,13H,2,4,7H2,1H3/i4D2,7D2. The van der Waals surface area contributed by atoms with E-state index < -0.39 is 13.0 Å². The van der Waals surface area contributed by atoms with Crippen molar-refractivity contribution in [2.45, 2.75) is 12.9 Å². The molecule has 1 aliphatic heterocycles. The summed E-state index contributed by atoms with van der Waals surface area (Å²) in [6.45, 7) is -3.74. The molecule has 0 saturated heterocycles. The van der Waals surface area contributed by atoms with Gasteiger partial charge in [-0.3, -0.25) is 9.67 Å². The van der Waals surface area contributed by atoms with Crippen molar-refractivity contribution in [3.8, 4) is 11.3 Å². The van der Waals surface area contributed by atoms with Gasteiger partial charge in [0.1, 0.15) is 0 Å². The van der Waals surface area contributed by atoms with Crippen LogP contribution >= 0.6 is 0 Å². The van der Waals surface area contributed by atoms with Crippen LogP contribution in [-0.2, 0) is 20.0 Å². The van der Waals surface area contributed by atoms with Gasteiger partial charge in [-0.05, 0) is 17.7 Å². The van der Waals surface area contributed by atoms with Gasteiger partial charge in [-0.2, -0.15) is 5.10 Å². The van der Waals surface area contributed by atoms with Crippen LogP contribution in [0.2, 0.25) is 0 Å². The number of nitrogens with zero attached hydrogens (tertiary/aromatic N) is 3. The minimum absolute atomic E-state index is 0.0491. The highest BCUT2D eigenvalue weighted by Gasteiger charge is 2.12. The van der Waals surface area contributed by atoms with Crippen LogP contribution < -0.4 is 5.32 Å². The van der Waals surface area contributed by atoms with Gasteiger partial charge in [-0.1, -0.05) is 0 Å². The van der Waals surface area contributed by atoms with E-state index in [1.165, 1.54) is 0 Å². The molecule has 82 valence electrons. The Hall–Kier alpha value is -1.68. The summed E-state index contributed by atoms with van der Waals surface area (Å²) >= 11 is 0. The van der Waals surface area contributed by atoms with Crippen molar-refractivity contribution < 1.29 is 5.48 Å². The van der Waals surface area contributed by atoms with Gasteiger partial charge >= 0.3 is 0 Å². The van der Waals surface area contributed by atoms with Crippen molar-refractivity contribution in [2.24, 2.45) is 7.05 Å². The molecular weight excluding hydrogens is 200 g/mol. The van der Waals surface area contributed by atoms with Crippen molar-refractivity contribution in [3.05, 3.63) is 35.8 Å². The van der Waals surface area contributed by atoms with E-state index in [4.69, 9.17) is 5.48 Å². The number of pyridine rings is 1. The number of hydrogen-bond donors (Lipinski definition) is 1. The molecule has 0 bridgehead atoms. The zero-order valence-corrected chi connectivity index (χ0v) is 8.86. The Kier molecular flexibility index (Phi) is 1.43. The normalized spacial score (nSPS) is 24.8. The molecule has 0 aliphatic carbocycles. The van der Waals surface area contributed by atoms with Crippen LogP contribution in [-0.4, -0.2) is 21.3 Å². The predicted molar refractivity (Wildman–Crippen MR) is 61.8 cm³/mol. The highest BCUT2D eigenvalue weighted by molar-refractivity contribution is 5.59. The fourth-order valence-electron chi connectivity index (χ4n) is 1.78. The van der Waals surface area contributed by atoms with Crippen LogP contribution in [0.3, 0.4) is 0 Å². The van der Waals surface area contributed by atoms with E-state index in [0.717, 1.165) is 11.3 Å². The lowest BCUT2D eigenvalue weighted by molar-refractivity contribution is 0.630. The molecule has 4 heteroatoms. The number of aromatic nitrogens is 3. The Balaban J connectivity index is 2.12. The zero-order valence-electron chi connectivity index (χ0n) is 12.9. The summed E-state index contributed by atoms with van der Waals surface area (Å²) in [6.07, 6.45) is 3.35. The minimum Gasteiger partial charge on any atom is -0.312 e. The molecule has 0 saturated carbocycles. The summed E-state index contributed by atoms with van der Waals surface area (Å²) in [4.78, 5) is 4.25. The monoisotopic (exact) mass is 218 g/mol. The lowest BCUT2D eigenvalue weighted by Crippen LogP contribution is -2.24. The Labute approximate surface area is 99.9 Å². The van der Waals surface area contributed by atoms with Gasteiger partial charge in [-0.25, -0.2) is 0 Å². The third-order valence-corrected chi connectivity index (χ3v) is 2.63. The molecule has 2 aromatic heterocycles. The average Bonchev–Trinajstić information content (AvgIpc) is 2.73. The van der Waals surface area contributed by atoms with Gasteiger partial charge in [0, 0.05) is 55.6 Å². The van der Waals surface area contributed by atoms with E-state index in [9.17, 15) is 0 Å². The van der Waals surface area contributed by atoms with Gasteiger partial charge in [0.15, 0.2) is 0 Å². The molecule has 0 unspecified atom stereocenters. The van der Waals surface area contributed by atoms with Crippen LogP contribution in [0.4, 0.5) is 0 Å². The first-order valence-corrected chi connectivity index (χ1v) is 5.06. The SMILES string of the molecule is [2H]C1([2H])Cc2ncc(-c3ccnn3C)cc2C([2H])([2H])N1. The lowest BCUT2D eigenvalue weighted by atomic mass is 10.0. The number of nitrogens with one attached hydrogen (secondary N) is 1. The van der Waals surface area contributed by atoms with E-state index in [0.29, 0.717) is 11.3 Å². The summed E-state index contributed by atoms with van der Waals surface area (Å²) in [6, 6.07) is 3.54. The van der Waals surface area contributed by atoms with Crippen molar-refractivity contribution in [2.75, 3.05) is 6.50 Å². The van der Waals surface area contributed by atoms with Gasteiger partial charge in [0.2, 0.25) is 0 Å². The highest BCUT2D eigenvalue weighted by atomic mass is 15.3. The smallest absolute Gasteiger partial charge is 0.0694 e. The second kappa shape index (κ2) is 3.72. The molecule has 4 nitrogen and oxygen atoms in total. The van der Waals surface area contributed by atoms with Crippen molar-refractivity contribution in [1.29, 1.82) is 0 Å². The lowest BCUT2D eigenvalue weighted by Gasteiger charge is -2.16. The third-order valence-electron chi connectivity index (χ3n) is 2.63. The molecule has 0 fully saturated rings. The number of rotatable bonds is 1. The summed E-state index contributed by atoms with van der Waals surface area (Å²) in [7, 11) is 1.81. The van der Waals surface area contributed by atoms with Crippen LogP contribution in [0, 0.1) is 0 Å².